The zero-order valence-corrected chi connectivity index (χ0v) is 33.9. The van der Waals surface area contributed by atoms with E-state index >= 15 is 0 Å². The van der Waals surface area contributed by atoms with Gasteiger partial charge >= 0.3 is 6.09 Å². The molecule has 1 aliphatic carbocycles. The third-order valence-corrected chi connectivity index (χ3v) is 9.89. The van der Waals surface area contributed by atoms with Crippen molar-refractivity contribution < 1.29 is 43.3 Å². The lowest BCUT2D eigenvalue weighted by atomic mass is 9.85. The number of unbranched alkanes of at least 4 members (excludes halogenated alkanes) is 3. The van der Waals surface area contributed by atoms with Crippen LogP contribution >= 0.6 is 15.9 Å². The number of nitrogens with zero attached hydrogens (tertiary/aromatic N) is 1. The smallest absolute Gasteiger partial charge is 0.405 e. The van der Waals surface area contributed by atoms with Crippen LogP contribution in [0.1, 0.15) is 76.6 Å². The molecular formula is C40H54BrN5O9. The number of hydrogen-bond donors (Lipinski definition) is 5. The maximum absolute atomic E-state index is 13.9. The van der Waals surface area contributed by atoms with Crippen LogP contribution in [0.25, 0.3) is 0 Å². The van der Waals surface area contributed by atoms with E-state index in [1.54, 1.807) is 51.3 Å². The number of hydrogen-bond acceptors (Lipinski definition) is 11. The van der Waals surface area contributed by atoms with Gasteiger partial charge in [-0.2, -0.15) is 0 Å². The molecule has 0 aromatic carbocycles. The van der Waals surface area contributed by atoms with Crippen LogP contribution in [0, 0.1) is 11.8 Å². The van der Waals surface area contributed by atoms with Gasteiger partial charge in [-0.25, -0.2) is 4.79 Å². The van der Waals surface area contributed by atoms with Crippen LogP contribution in [0.5, 0.6) is 0 Å². The number of carbonyl (C=O) groups excluding carboxylic acids is 5. The number of aliphatic hydroxyl groups is 1. The summed E-state index contributed by atoms with van der Waals surface area (Å²) in [5.74, 6) is -2.40. The molecule has 0 saturated heterocycles. The maximum Gasteiger partial charge on any atom is 0.405 e. The lowest BCUT2D eigenvalue weighted by molar-refractivity contribution is -0.120. The molecule has 2 aliphatic rings. The van der Waals surface area contributed by atoms with Crippen molar-refractivity contribution in [2.24, 2.45) is 17.6 Å². The van der Waals surface area contributed by atoms with Crippen molar-refractivity contribution in [3.8, 4) is 0 Å². The molecule has 0 spiro atoms. The van der Waals surface area contributed by atoms with Gasteiger partial charge in [-0.05, 0) is 73.0 Å². The summed E-state index contributed by atoms with van der Waals surface area (Å²) in [6.45, 7) is 7.93. The molecule has 55 heavy (non-hydrogen) atoms. The highest BCUT2D eigenvalue weighted by atomic mass is 79.9. The van der Waals surface area contributed by atoms with E-state index in [0.717, 1.165) is 29.8 Å². The highest BCUT2D eigenvalue weighted by Gasteiger charge is 2.33. The first-order valence-electron chi connectivity index (χ1n) is 18.4. The number of primary amides is 1. The Kier molecular flexibility index (Phi) is 18.1. The second-order valence-electron chi connectivity index (χ2n) is 13.9. The highest BCUT2D eigenvalue weighted by molar-refractivity contribution is 9.10. The summed E-state index contributed by atoms with van der Waals surface area (Å²) in [6, 6.07) is 1.70. The van der Waals surface area contributed by atoms with Crippen LogP contribution in [0.4, 0.5) is 4.79 Å². The van der Waals surface area contributed by atoms with Gasteiger partial charge in [0.25, 0.3) is 11.8 Å². The van der Waals surface area contributed by atoms with Gasteiger partial charge in [-0.3, -0.25) is 24.2 Å². The summed E-state index contributed by atoms with van der Waals surface area (Å²) in [7, 11) is 2.92. The summed E-state index contributed by atoms with van der Waals surface area (Å²) in [4.78, 5) is 68.9. The molecule has 1 aliphatic heterocycles. The minimum atomic E-state index is -1.01. The number of aromatic nitrogens is 1. The fraction of sp³-hybridized carbons (Fsp3) is 0.500. The molecule has 2 heterocycles. The Balaban J connectivity index is 1.80. The topological polar surface area (TPSA) is 208 Å². The van der Waals surface area contributed by atoms with Crippen molar-refractivity contribution in [3.05, 3.63) is 87.0 Å². The predicted octanol–water partition coefficient (Wildman–Crippen LogP) is 4.50. The van der Waals surface area contributed by atoms with Gasteiger partial charge in [0.15, 0.2) is 6.10 Å². The monoisotopic (exact) mass is 827 g/mol. The molecule has 0 unspecified atom stereocenters. The van der Waals surface area contributed by atoms with Crippen LogP contribution in [0.2, 0.25) is 0 Å². The zero-order chi connectivity index (χ0) is 40.7. The third kappa shape index (κ3) is 13.7. The number of rotatable bonds is 12. The second kappa shape index (κ2) is 22.2. The Morgan fingerprint density at radius 2 is 1.76 bits per heavy atom. The Morgan fingerprint density at radius 1 is 1.05 bits per heavy atom. The van der Waals surface area contributed by atoms with Gasteiger partial charge in [0.2, 0.25) is 11.6 Å². The van der Waals surface area contributed by atoms with E-state index < -0.39 is 53.9 Å². The first-order valence-corrected chi connectivity index (χ1v) is 19.2. The SMILES string of the molecule is CO[C@H]1/C=C\C=C(/C)C(=O)NC2=CC(=O)C(NCCCCCCNC(=O)c3cncc(Br)c3)=C(C[C@@H](C)C[C@H](OC)[C@H](O)[C@@H](C)/C=C(\C)[C@@H]1OC(N)=O)C2=O. The average Bonchev–Trinajstić information content (AvgIpc) is 3.14. The highest BCUT2D eigenvalue weighted by Crippen LogP contribution is 2.29. The molecule has 0 fully saturated rings. The molecule has 1 aromatic rings. The van der Waals surface area contributed by atoms with Gasteiger partial charge in [0.1, 0.15) is 6.10 Å². The predicted molar refractivity (Wildman–Crippen MR) is 210 cm³/mol. The van der Waals surface area contributed by atoms with Crippen molar-refractivity contribution in [2.75, 3.05) is 27.3 Å². The number of Topliss-reactive ketones (excluding diaryl/α,β-unsaturated/α-hetero) is 1. The van der Waals surface area contributed by atoms with E-state index in [0.29, 0.717) is 37.1 Å². The molecule has 3 amide bonds. The molecule has 0 saturated carbocycles. The van der Waals surface area contributed by atoms with Crippen molar-refractivity contribution in [3.63, 3.8) is 0 Å². The third-order valence-electron chi connectivity index (χ3n) is 9.45. The number of ketones is 2. The van der Waals surface area contributed by atoms with Gasteiger partial charge in [0, 0.05) is 67.3 Å². The van der Waals surface area contributed by atoms with E-state index in [9.17, 15) is 29.1 Å². The molecule has 2 bridgehead atoms. The van der Waals surface area contributed by atoms with Crippen molar-refractivity contribution in [1.82, 2.24) is 20.9 Å². The summed E-state index contributed by atoms with van der Waals surface area (Å²) in [5.41, 5.74) is 6.95. The number of amides is 3. The maximum atomic E-state index is 13.9. The first kappa shape index (κ1) is 45.0. The Morgan fingerprint density at radius 3 is 2.42 bits per heavy atom. The van der Waals surface area contributed by atoms with E-state index in [2.05, 4.69) is 36.9 Å². The standard InChI is InChI=1S/C40H54BrN5O9/c1-23-16-29-34(44-14-9-7-8-10-15-45-39(51)27-19-28(41)22-43-21-27)31(47)20-30(36(29)49)46-38(50)24(2)12-11-13-32(53-5)37(55-40(42)52)26(4)18-25(3)35(48)33(17-23)54-6/h11-13,18-23,25,32-33,35,37,44,48H,7-10,14-17H2,1-6H3,(H2,42,52)(H,45,51)(H,46,50)/b13-11-,24-12+,26-18+/t23-,25+,32+,33+,35-,37+/m1/s1. The quantitative estimate of drug-likeness (QED) is 0.113. The molecule has 1 aromatic heterocycles. The Bertz CT molecular complexity index is 1720. The number of ether oxygens (including phenoxy) is 3. The molecule has 300 valence electrons. The van der Waals surface area contributed by atoms with E-state index in [-0.39, 0.29) is 40.8 Å². The summed E-state index contributed by atoms with van der Waals surface area (Å²) >= 11 is 3.32. The molecule has 15 heteroatoms. The Labute approximate surface area is 331 Å². The van der Waals surface area contributed by atoms with E-state index in [1.807, 2.05) is 6.92 Å². The number of nitrogens with one attached hydrogen (secondary N) is 3. The minimum Gasteiger partial charge on any atom is -0.439 e. The molecular weight excluding hydrogens is 774 g/mol. The lowest BCUT2D eigenvalue weighted by Crippen LogP contribution is -2.38. The number of fused-ring (bicyclic) bond motifs is 2. The summed E-state index contributed by atoms with van der Waals surface area (Å²) < 4.78 is 17.4. The number of carbonyl (C=O) groups is 5. The number of nitrogens with two attached hydrogens (primary N) is 1. The van der Waals surface area contributed by atoms with Crippen molar-refractivity contribution in [1.29, 1.82) is 0 Å². The van der Waals surface area contributed by atoms with Crippen molar-refractivity contribution >= 4 is 45.4 Å². The van der Waals surface area contributed by atoms with Crippen LogP contribution in [0.15, 0.2) is 81.4 Å². The van der Waals surface area contributed by atoms with E-state index in [1.165, 1.54) is 26.5 Å². The number of halogens is 1. The first-order chi connectivity index (χ1) is 26.2. The number of aliphatic hydroxyl groups excluding tert-OH is 1. The van der Waals surface area contributed by atoms with Crippen LogP contribution in [-0.2, 0) is 28.6 Å². The Hall–Kier alpha value is -4.44. The van der Waals surface area contributed by atoms with E-state index in [4.69, 9.17) is 19.9 Å². The lowest BCUT2D eigenvalue weighted by Gasteiger charge is -2.30. The zero-order valence-electron chi connectivity index (χ0n) is 32.4. The van der Waals surface area contributed by atoms with Gasteiger partial charge in [-0.1, -0.05) is 51.0 Å². The van der Waals surface area contributed by atoms with Gasteiger partial charge < -0.3 is 41.0 Å². The molecule has 6 atom stereocenters. The minimum absolute atomic E-state index is 0.139. The number of pyridine rings is 1. The van der Waals surface area contributed by atoms with Crippen LogP contribution in [0.3, 0.4) is 0 Å². The molecule has 3 rings (SSSR count). The number of allylic oxidation sites excluding steroid dienone is 4. The molecule has 14 nitrogen and oxygen atoms in total. The largest absolute Gasteiger partial charge is 0.439 e. The molecule has 0 radical (unpaired) electrons. The van der Waals surface area contributed by atoms with Gasteiger partial charge in [-0.15, -0.1) is 0 Å². The van der Waals surface area contributed by atoms with Crippen LogP contribution in [-0.4, -0.2) is 91.3 Å². The summed E-state index contributed by atoms with van der Waals surface area (Å²) in [5, 5.41) is 20.1. The fourth-order valence-electron chi connectivity index (χ4n) is 6.44. The average molecular weight is 829 g/mol. The number of methoxy groups -OCH3 is 2. The fourth-order valence-corrected chi connectivity index (χ4v) is 6.80. The van der Waals surface area contributed by atoms with Crippen molar-refractivity contribution in [2.45, 2.75) is 90.6 Å². The van der Waals surface area contributed by atoms with Gasteiger partial charge in [0.05, 0.1) is 29.2 Å². The summed E-state index contributed by atoms with van der Waals surface area (Å²) in [6.07, 6.45) is 9.91. The van der Waals surface area contributed by atoms with Crippen LogP contribution < -0.4 is 21.7 Å². The second-order valence-corrected chi connectivity index (χ2v) is 14.8. The normalized spacial score (nSPS) is 26.8. The molecule has 6 N–H and O–H groups in total.